The quantitative estimate of drug-likeness (QED) is 0.678. The second kappa shape index (κ2) is 7.03. The molecule has 2 aromatic carbocycles. The van der Waals surface area contributed by atoms with E-state index in [-0.39, 0.29) is 12.7 Å². The number of ether oxygens (including phenoxy) is 3. The van der Waals surface area contributed by atoms with Gasteiger partial charge in [0.05, 0.1) is 5.56 Å². The lowest BCUT2D eigenvalue weighted by Crippen LogP contribution is -2.35. The van der Waals surface area contributed by atoms with Crippen LogP contribution in [0.5, 0.6) is 11.5 Å². The Kier molecular flexibility index (Phi) is 4.42. The smallest absolute Gasteiger partial charge is 0.341 e. The zero-order valence-corrected chi connectivity index (χ0v) is 14.7. The summed E-state index contributed by atoms with van der Waals surface area (Å²) in [5.74, 6) is 0.422. The maximum atomic E-state index is 12.4. The van der Waals surface area contributed by atoms with Crippen LogP contribution >= 0.6 is 0 Å². The maximum absolute atomic E-state index is 12.4. The van der Waals surface area contributed by atoms with Gasteiger partial charge in [0.1, 0.15) is 0 Å². The summed E-state index contributed by atoms with van der Waals surface area (Å²) in [7, 11) is 0. The maximum Gasteiger partial charge on any atom is 0.341 e. The van der Waals surface area contributed by atoms with Crippen LogP contribution in [0.1, 0.15) is 22.8 Å². The van der Waals surface area contributed by atoms with E-state index in [1.54, 1.807) is 19.2 Å². The number of amides is 1. The van der Waals surface area contributed by atoms with Gasteiger partial charge >= 0.3 is 5.97 Å². The van der Waals surface area contributed by atoms with Gasteiger partial charge in [0, 0.05) is 23.6 Å². The zero-order valence-electron chi connectivity index (χ0n) is 14.7. The zero-order chi connectivity index (χ0) is 18.8. The lowest BCUT2D eigenvalue weighted by atomic mass is 10.2. The third-order valence-electron chi connectivity index (χ3n) is 4.37. The first-order valence-corrected chi connectivity index (χ1v) is 8.55. The topological polar surface area (TPSA) is 89.7 Å². The Morgan fingerprint density at radius 1 is 1.19 bits per heavy atom. The van der Waals surface area contributed by atoms with Crippen molar-refractivity contribution in [1.29, 1.82) is 0 Å². The van der Waals surface area contributed by atoms with Crippen LogP contribution < -0.4 is 14.8 Å². The molecule has 1 atom stereocenters. The van der Waals surface area contributed by atoms with E-state index < -0.39 is 12.1 Å². The molecule has 2 N–H and O–H groups in total. The number of carbonyl (C=O) groups excluding carboxylic acids is 2. The number of carbonyl (C=O) groups is 2. The molecule has 0 saturated carbocycles. The van der Waals surface area contributed by atoms with Gasteiger partial charge in [0.2, 0.25) is 6.79 Å². The minimum absolute atomic E-state index is 0.200. The Morgan fingerprint density at radius 2 is 2.00 bits per heavy atom. The van der Waals surface area contributed by atoms with Crippen molar-refractivity contribution in [3.05, 3.63) is 59.8 Å². The van der Waals surface area contributed by atoms with Crippen LogP contribution in [0.25, 0.3) is 10.9 Å². The molecule has 0 spiro atoms. The number of aromatic nitrogens is 1. The third-order valence-corrected chi connectivity index (χ3v) is 4.37. The monoisotopic (exact) mass is 366 g/mol. The van der Waals surface area contributed by atoms with Crippen molar-refractivity contribution in [3.8, 4) is 11.5 Å². The standard InChI is InChI=1S/C20H18N2O5/c1-12(27-20(24)15-10-21-16-5-3-2-4-14(15)16)19(23)22-9-13-6-7-17-18(8-13)26-11-25-17/h2-8,10,12,21H,9,11H2,1H3,(H,22,23)/t12-/m1/s1. The van der Waals surface area contributed by atoms with E-state index in [0.29, 0.717) is 23.6 Å². The summed E-state index contributed by atoms with van der Waals surface area (Å²) < 4.78 is 15.9. The molecular weight excluding hydrogens is 348 g/mol. The van der Waals surface area contributed by atoms with Crippen molar-refractivity contribution >= 4 is 22.8 Å². The number of para-hydroxylation sites is 1. The molecule has 1 aliphatic heterocycles. The highest BCUT2D eigenvalue weighted by atomic mass is 16.7. The number of hydrogen-bond acceptors (Lipinski definition) is 5. The minimum atomic E-state index is -0.917. The molecule has 2 heterocycles. The number of nitrogens with one attached hydrogen (secondary N) is 2. The van der Waals surface area contributed by atoms with Gasteiger partial charge in [-0.2, -0.15) is 0 Å². The SMILES string of the molecule is C[C@@H](OC(=O)c1c[nH]c2ccccc12)C(=O)NCc1ccc2c(c1)OCO2. The van der Waals surface area contributed by atoms with Gasteiger partial charge in [-0.1, -0.05) is 24.3 Å². The number of H-pyrrole nitrogens is 1. The Bertz CT molecular complexity index is 1010. The summed E-state index contributed by atoms with van der Waals surface area (Å²) in [6, 6.07) is 12.9. The fraction of sp³-hybridized carbons (Fsp3) is 0.200. The van der Waals surface area contributed by atoms with Gasteiger partial charge in [-0.15, -0.1) is 0 Å². The van der Waals surface area contributed by atoms with Gasteiger partial charge in [0.25, 0.3) is 5.91 Å². The third kappa shape index (κ3) is 3.44. The summed E-state index contributed by atoms with van der Waals surface area (Å²) >= 11 is 0. The van der Waals surface area contributed by atoms with E-state index in [2.05, 4.69) is 10.3 Å². The van der Waals surface area contributed by atoms with Gasteiger partial charge in [-0.25, -0.2) is 4.79 Å². The summed E-state index contributed by atoms with van der Waals surface area (Å²) in [4.78, 5) is 27.7. The van der Waals surface area contributed by atoms with Crippen molar-refractivity contribution in [2.75, 3.05) is 6.79 Å². The molecule has 1 aliphatic rings. The minimum Gasteiger partial charge on any atom is -0.454 e. The van der Waals surface area contributed by atoms with E-state index in [1.165, 1.54) is 0 Å². The van der Waals surface area contributed by atoms with Crippen molar-refractivity contribution < 1.29 is 23.8 Å². The van der Waals surface area contributed by atoms with Crippen molar-refractivity contribution in [2.24, 2.45) is 0 Å². The average molecular weight is 366 g/mol. The summed E-state index contributed by atoms with van der Waals surface area (Å²) in [6.07, 6.45) is 0.671. The van der Waals surface area contributed by atoms with Gasteiger partial charge in [0.15, 0.2) is 17.6 Å². The summed E-state index contributed by atoms with van der Waals surface area (Å²) in [5, 5.41) is 3.52. The highest BCUT2D eigenvalue weighted by Crippen LogP contribution is 2.32. The molecule has 1 aromatic heterocycles. The van der Waals surface area contributed by atoms with Crippen LogP contribution in [0.15, 0.2) is 48.7 Å². The molecule has 1 amide bonds. The van der Waals surface area contributed by atoms with Crippen LogP contribution in [-0.4, -0.2) is 29.8 Å². The fourth-order valence-electron chi connectivity index (χ4n) is 2.90. The highest BCUT2D eigenvalue weighted by molar-refractivity contribution is 6.04. The molecule has 0 aliphatic carbocycles. The number of fused-ring (bicyclic) bond motifs is 2. The molecule has 3 aromatic rings. The molecule has 0 bridgehead atoms. The Morgan fingerprint density at radius 3 is 2.89 bits per heavy atom. The molecule has 0 saturated heterocycles. The highest BCUT2D eigenvalue weighted by Gasteiger charge is 2.21. The number of rotatable bonds is 5. The lowest BCUT2D eigenvalue weighted by molar-refractivity contribution is -0.129. The first-order chi connectivity index (χ1) is 13.1. The molecule has 0 radical (unpaired) electrons. The molecule has 7 nitrogen and oxygen atoms in total. The van der Waals surface area contributed by atoms with E-state index in [0.717, 1.165) is 16.5 Å². The van der Waals surface area contributed by atoms with Crippen molar-refractivity contribution in [1.82, 2.24) is 10.3 Å². The number of esters is 1. The molecular formula is C20H18N2O5. The van der Waals surface area contributed by atoms with Gasteiger partial charge < -0.3 is 24.5 Å². The normalized spacial score (nSPS) is 13.4. The molecule has 27 heavy (non-hydrogen) atoms. The van der Waals surface area contributed by atoms with Crippen molar-refractivity contribution in [2.45, 2.75) is 19.6 Å². The predicted molar refractivity (Wildman–Crippen MR) is 97.6 cm³/mol. The van der Waals surface area contributed by atoms with Crippen LogP contribution in [0, 0.1) is 0 Å². The average Bonchev–Trinajstić information content (AvgIpc) is 3.32. The molecule has 7 heteroatoms. The van der Waals surface area contributed by atoms with Crippen LogP contribution in [0.4, 0.5) is 0 Å². The summed E-state index contributed by atoms with van der Waals surface area (Å²) in [6.45, 7) is 2.04. The van der Waals surface area contributed by atoms with Gasteiger partial charge in [-0.3, -0.25) is 4.79 Å². The molecule has 4 rings (SSSR count). The van der Waals surface area contributed by atoms with E-state index in [1.807, 2.05) is 36.4 Å². The second-order valence-corrected chi connectivity index (χ2v) is 6.20. The lowest BCUT2D eigenvalue weighted by Gasteiger charge is -2.13. The fourth-order valence-corrected chi connectivity index (χ4v) is 2.90. The van der Waals surface area contributed by atoms with Gasteiger partial charge in [-0.05, 0) is 30.7 Å². The molecule has 138 valence electrons. The van der Waals surface area contributed by atoms with Crippen molar-refractivity contribution in [3.63, 3.8) is 0 Å². The number of aromatic amines is 1. The summed E-state index contributed by atoms with van der Waals surface area (Å²) in [5.41, 5.74) is 2.10. The predicted octanol–water partition coefficient (Wildman–Crippen LogP) is 2.76. The largest absolute Gasteiger partial charge is 0.454 e. The van der Waals surface area contributed by atoms with Crippen LogP contribution in [0.2, 0.25) is 0 Å². The molecule has 0 unspecified atom stereocenters. The van der Waals surface area contributed by atoms with Crippen LogP contribution in [0.3, 0.4) is 0 Å². The van der Waals surface area contributed by atoms with E-state index in [9.17, 15) is 9.59 Å². The first-order valence-electron chi connectivity index (χ1n) is 8.55. The van der Waals surface area contributed by atoms with E-state index in [4.69, 9.17) is 14.2 Å². The number of benzene rings is 2. The Balaban J connectivity index is 1.35. The van der Waals surface area contributed by atoms with E-state index >= 15 is 0 Å². The second-order valence-electron chi connectivity index (χ2n) is 6.20. The molecule has 0 fully saturated rings. The number of hydrogen-bond donors (Lipinski definition) is 2. The first kappa shape index (κ1) is 17.0. The Labute approximate surface area is 155 Å². The van der Waals surface area contributed by atoms with Crippen LogP contribution in [-0.2, 0) is 16.1 Å². The Hall–Kier alpha value is -3.48.